The van der Waals surface area contributed by atoms with Gasteiger partial charge < -0.3 is 9.72 Å². The predicted molar refractivity (Wildman–Crippen MR) is 109 cm³/mol. The summed E-state index contributed by atoms with van der Waals surface area (Å²) in [5.41, 5.74) is 2.48. The van der Waals surface area contributed by atoms with Gasteiger partial charge in [-0.05, 0) is 30.7 Å². The number of pyridine rings is 1. The molecule has 4 rings (SSSR count). The number of fused-ring (bicyclic) bond motifs is 1. The zero-order valence-electron chi connectivity index (χ0n) is 16.9. The fourth-order valence-corrected chi connectivity index (χ4v) is 3.61. The fourth-order valence-electron chi connectivity index (χ4n) is 3.61. The second-order valence-corrected chi connectivity index (χ2v) is 7.31. The number of halogens is 3. The van der Waals surface area contributed by atoms with Crippen LogP contribution in [0.4, 0.5) is 13.2 Å². The molecule has 0 aliphatic carbocycles. The van der Waals surface area contributed by atoms with Crippen LogP contribution in [0.5, 0.6) is 5.75 Å². The maximum Gasteiger partial charge on any atom is 0.449 e. The lowest BCUT2D eigenvalue weighted by molar-refractivity contribution is -0.145. The van der Waals surface area contributed by atoms with E-state index >= 15 is 0 Å². The quantitative estimate of drug-likeness (QED) is 0.667. The van der Waals surface area contributed by atoms with E-state index in [2.05, 4.69) is 9.97 Å². The normalized spacial score (nSPS) is 14.3. The summed E-state index contributed by atoms with van der Waals surface area (Å²) in [4.78, 5) is 24.2. The maximum atomic E-state index is 12.9. The van der Waals surface area contributed by atoms with Crippen molar-refractivity contribution in [3.63, 3.8) is 0 Å². The van der Waals surface area contributed by atoms with Crippen LogP contribution in [0, 0.1) is 0 Å². The van der Waals surface area contributed by atoms with Crippen LogP contribution in [0.25, 0.3) is 11.3 Å². The summed E-state index contributed by atoms with van der Waals surface area (Å²) in [6, 6.07) is 11.6. The first-order valence-electron chi connectivity index (χ1n) is 9.93. The molecule has 162 valence electrons. The summed E-state index contributed by atoms with van der Waals surface area (Å²) < 4.78 is 44.1. The Morgan fingerprint density at radius 2 is 2.06 bits per heavy atom. The highest BCUT2D eigenvalue weighted by Gasteiger charge is 2.35. The van der Waals surface area contributed by atoms with Crippen molar-refractivity contribution in [1.29, 1.82) is 0 Å². The standard InChI is InChI=1S/C22H21F3N4O2/c1-2-31-16-5-3-4-15(10-16)18-7-6-14(11-26-18)12-29-9-8-19-17(13-29)20(30)28-21(27-19)22(23,24)25/h3-7,10-11H,2,8-9,12-13H2,1H3,(H,27,28,30). The molecule has 1 N–H and O–H groups in total. The van der Waals surface area contributed by atoms with E-state index in [1.807, 2.05) is 53.2 Å². The monoisotopic (exact) mass is 430 g/mol. The van der Waals surface area contributed by atoms with Crippen LogP contribution in [-0.2, 0) is 25.7 Å². The lowest BCUT2D eigenvalue weighted by Crippen LogP contribution is -2.36. The van der Waals surface area contributed by atoms with Gasteiger partial charge >= 0.3 is 6.18 Å². The van der Waals surface area contributed by atoms with Crippen LogP contribution < -0.4 is 10.3 Å². The number of aromatic amines is 1. The van der Waals surface area contributed by atoms with Gasteiger partial charge in [0.1, 0.15) is 5.75 Å². The average molecular weight is 430 g/mol. The second kappa shape index (κ2) is 8.50. The first-order chi connectivity index (χ1) is 14.8. The molecule has 0 amide bonds. The van der Waals surface area contributed by atoms with Crippen LogP contribution in [0.15, 0.2) is 47.4 Å². The molecule has 0 bridgehead atoms. The van der Waals surface area contributed by atoms with Crippen molar-refractivity contribution in [3.05, 3.63) is 75.6 Å². The Kier molecular flexibility index (Phi) is 5.77. The molecule has 0 spiro atoms. The summed E-state index contributed by atoms with van der Waals surface area (Å²) in [5.74, 6) is -0.455. The molecule has 3 aromatic rings. The zero-order valence-corrected chi connectivity index (χ0v) is 16.9. The molecule has 31 heavy (non-hydrogen) atoms. The average Bonchev–Trinajstić information content (AvgIpc) is 2.74. The van der Waals surface area contributed by atoms with Crippen molar-refractivity contribution in [1.82, 2.24) is 19.9 Å². The molecule has 1 aromatic carbocycles. The smallest absolute Gasteiger partial charge is 0.449 e. The highest BCUT2D eigenvalue weighted by Crippen LogP contribution is 2.27. The lowest BCUT2D eigenvalue weighted by Gasteiger charge is -2.27. The third kappa shape index (κ3) is 4.77. The minimum Gasteiger partial charge on any atom is -0.494 e. The minimum atomic E-state index is -4.67. The minimum absolute atomic E-state index is 0.218. The van der Waals surface area contributed by atoms with Gasteiger partial charge in [0.15, 0.2) is 0 Å². The number of aromatic nitrogens is 3. The SMILES string of the molecule is CCOc1cccc(-c2ccc(CN3CCc4nc(C(F)(F)F)[nH]c(=O)c4C3)cn2)c1. The van der Waals surface area contributed by atoms with Gasteiger partial charge in [0.2, 0.25) is 5.82 Å². The highest BCUT2D eigenvalue weighted by molar-refractivity contribution is 5.61. The lowest BCUT2D eigenvalue weighted by atomic mass is 10.1. The van der Waals surface area contributed by atoms with Gasteiger partial charge in [-0.1, -0.05) is 18.2 Å². The summed E-state index contributed by atoms with van der Waals surface area (Å²) >= 11 is 0. The van der Waals surface area contributed by atoms with E-state index < -0.39 is 17.6 Å². The molecular weight excluding hydrogens is 409 g/mol. The molecule has 9 heteroatoms. The molecule has 1 aliphatic rings. The first kappa shape index (κ1) is 21.0. The van der Waals surface area contributed by atoms with Gasteiger partial charge in [-0.25, -0.2) is 4.98 Å². The third-order valence-electron chi connectivity index (χ3n) is 5.09. The molecule has 1 aliphatic heterocycles. The van der Waals surface area contributed by atoms with Crippen molar-refractivity contribution in [2.75, 3.05) is 13.2 Å². The Labute approximate surface area is 176 Å². The maximum absolute atomic E-state index is 12.9. The Balaban J connectivity index is 1.46. The number of nitrogens with one attached hydrogen (secondary N) is 1. The number of benzene rings is 1. The zero-order chi connectivity index (χ0) is 22.0. The first-order valence-corrected chi connectivity index (χ1v) is 9.93. The Morgan fingerprint density at radius 1 is 1.23 bits per heavy atom. The number of nitrogens with zero attached hydrogens (tertiary/aromatic N) is 3. The molecule has 0 fully saturated rings. The molecule has 0 saturated carbocycles. The molecule has 0 atom stereocenters. The van der Waals surface area contributed by atoms with Crippen molar-refractivity contribution in [2.24, 2.45) is 0 Å². The Hall–Kier alpha value is -3.20. The van der Waals surface area contributed by atoms with E-state index in [4.69, 9.17) is 4.74 Å². The number of hydrogen-bond acceptors (Lipinski definition) is 5. The van der Waals surface area contributed by atoms with Crippen LogP contribution >= 0.6 is 0 Å². The van der Waals surface area contributed by atoms with Crippen molar-refractivity contribution in [2.45, 2.75) is 32.6 Å². The van der Waals surface area contributed by atoms with Gasteiger partial charge in [-0.15, -0.1) is 0 Å². The fraction of sp³-hybridized carbons (Fsp3) is 0.318. The van der Waals surface area contributed by atoms with Gasteiger partial charge in [-0.3, -0.25) is 14.7 Å². The number of alkyl halides is 3. The summed E-state index contributed by atoms with van der Waals surface area (Å²) in [5, 5.41) is 0. The van der Waals surface area contributed by atoms with Crippen molar-refractivity contribution in [3.8, 4) is 17.0 Å². The summed E-state index contributed by atoms with van der Waals surface area (Å²) in [7, 11) is 0. The second-order valence-electron chi connectivity index (χ2n) is 7.31. The van der Waals surface area contributed by atoms with Gasteiger partial charge in [0.05, 0.1) is 23.6 Å². The van der Waals surface area contributed by atoms with Gasteiger partial charge in [0.25, 0.3) is 5.56 Å². The van der Waals surface area contributed by atoms with E-state index in [1.54, 1.807) is 6.20 Å². The largest absolute Gasteiger partial charge is 0.494 e. The predicted octanol–water partition coefficient (Wildman–Crippen LogP) is 3.81. The van der Waals surface area contributed by atoms with E-state index in [0.717, 1.165) is 22.6 Å². The van der Waals surface area contributed by atoms with Crippen molar-refractivity contribution < 1.29 is 17.9 Å². The summed E-state index contributed by atoms with van der Waals surface area (Å²) in [6.07, 6.45) is -2.60. The number of rotatable bonds is 5. The number of ether oxygens (including phenoxy) is 1. The highest BCUT2D eigenvalue weighted by atomic mass is 19.4. The van der Waals surface area contributed by atoms with E-state index in [0.29, 0.717) is 19.7 Å². The van der Waals surface area contributed by atoms with Crippen LogP contribution in [0.1, 0.15) is 29.6 Å². The Bertz CT molecular complexity index is 1130. The van der Waals surface area contributed by atoms with Gasteiger partial charge in [0, 0.05) is 37.8 Å². The molecule has 0 saturated heterocycles. The van der Waals surface area contributed by atoms with Gasteiger partial charge in [-0.2, -0.15) is 13.2 Å². The van der Waals surface area contributed by atoms with E-state index in [1.165, 1.54) is 0 Å². The van der Waals surface area contributed by atoms with E-state index in [-0.39, 0.29) is 24.2 Å². The third-order valence-corrected chi connectivity index (χ3v) is 5.09. The Morgan fingerprint density at radius 3 is 2.77 bits per heavy atom. The van der Waals surface area contributed by atoms with Crippen LogP contribution in [-0.4, -0.2) is 33.0 Å². The number of hydrogen-bond donors (Lipinski definition) is 1. The molecule has 0 radical (unpaired) electrons. The molecule has 2 aromatic heterocycles. The van der Waals surface area contributed by atoms with Crippen molar-refractivity contribution >= 4 is 0 Å². The molecule has 6 nitrogen and oxygen atoms in total. The molecular formula is C22H21F3N4O2. The molecule has 0 unspecified atom stereocenters. The van der Waals surface area contributed by atoms with Crippen LogP contribution in [0.3, 0.4) is 0 Å². The molecule has 3 heterocycles. The topological polar surface area (TPSA) is 71.1 Å². The summed E-state index contributed by atoms with van der Waals surface area (Å²) in [6.45, 7) is 3.81. The number of H-pyrrole nitrogens is 1. The van der Waals surface area contributed by atoms with Crippen LogP contribution in [0.2, 0.25) is 0 Å². The van der Waals surface area contributed by atoms with E-state index in [9.17, 15) is 18.0 Å².